The second-order valence-electron chi connectivity index (χ2n) is 11.1. The van der Waals surface area contributed by atoms with E-state index in [1.165, 1.54) is 22.0 Å². The first-order valence-electron chi connectivity index (χ1n) is 14.3. The van der Waals surface area contributed by atoms with Gasteiger partial charge >= 0.3 is 0 Å². The number of fused-ring (bicyclic) bond motifs is 2. The van der Waals surface area contributed by atoms with Crippen LogP contribution in [-0.2, 0) is 0 Å². The Hall–Kier alpha value is -4.33. The average molecular weight is 553 g/mol. The summed E-state index contributed by atoms with van der Waals surface area (Å²) in [5, 5.41) is 12.0. The van der Waals surface area contributed by atoms with Crippen LogP contribution in [0.25, 0.3) is 21.9 Å². The molecule has 0 bridgehead atoms. The fourth-order valence-corrected chi connectivity index (χ4v) is 3.94. The molecule has 8 nitrogen and oxygen atoms in total. The quantitative estimate of drug-likeness (QED) is 0.228. The minimum absolute atomic E-state index is 0.366. The summed E-state index contributed by atoms with van der Waals surface area (Å²) < 4.78 is 1.69. The molecule has 41 heavy (non-hydrogen) atoms. The molecule has 0 aliphatic rings. The van der Waals surface area contributed by atoms with E-state index in [9.17, 15) is 0 Å². The van der Waals surface area contributed by atoms with E-state index in [2.05, 4.69) is 114 Å². The number of pyridine rings is 1. The first kappa shape index (κ1) is 31.2. The van der Waals surface area contributed by atoms with Crippen LogP contribution in [0.5, 0.6) is 0 Å². The van der Waals surface area contributed by atoms with Crippen LogP contribution in [0.3, 0.4) is 0 Å². The minimum atomic E-state index is 0.366. The van der Waals surface area contributed by atoms with E-state index in [1.54, 1.807) is 17.2 Å². The summed E-state index contributed by atoms with van der Waals surface area (Å²) in [7, 11) is 0. The molecule has 0 saturated carbocycles. The maximum Gasteiger partial charge on any atom is 0.138 e. The van der Waals surface area contributed by atoms with Crippen LogP contribution in [0.1, 0.15) is 96.1 Å². The highest BCUT2D eigenvalue weighted by Crippen LogP contribution is 2.24. The zero-order chi connectivity index (χ0) is 29.8. The van der Waals surface area contributed by atoms with Crippen molar-refractivity contribution in [2.75, 3.05) is 0 Å². The third kappa shape index (κ3) is 9.38. The van der Waals surface area contributed by atoms with Gasteiger partial charge in [-0.05, 0) is 71.5 Å². The van der Waals surface area contributed by atoms with Crippen molar-refractivity contribution in [1.82, 2.24) is 40.1 Å². The molecular weight excluding hydrogens is 508 g/mol. The molecule has 0 radical (unpaired) electrons. The van der Waals surface area contributed by atoms with E-state index in [0.29, 0.717) is 23.8 Å². The molecular formula is C33H44N8. The van der Waals surface area contributed by atoms with Gasteiger partial charge in [-0.15, -0.1) is 5.10 Å². The van der Waals surface area contributed by atoms with Gasteiger partial charge in [0, 0.05) is 41.5 Å². The molecule has 6 aromatic rings. The van der Waals surface area contributed by atoms with Crippen molar-refractivity contribution >= 4 is 21.9 Å². The second-order valence-corrected chi connectivity index (χ2v) is 11.1. The standard InChI is InChI=1S/C11H13N.C10H12N2.C8H11N.C4H8N4/c1-8(2)10-7-12-11-6-4-3-5-9(10)11;1-7(2)10-11-8-5-3-4-6-9(8)12-10;1-7(2)8-4-3-5-9-6-8;1-4(2)8-3-5-6-7-8/h3-8,12H,1-2H3;3-7H,1-2H3,(H,11,12);3-7H,1-2H3;3-4H,1-2H3. The lowest BCUT2D eigenvalue weighted by atomic mass is 10.0. The molecule has 0 aliphatic carbocycles. The number of H-pyrrole nitrogens is 2. The Kier molecular flexibility index (Phi) is 11.8. The van der Waals surface area contributed by atoms with Gasteiger partial charge in [0.1, 0.15) is 12.2 Å². The third-order valence-electron chi connectivity index (χ3n) is 6.44. The minimum Gasteiger partial charge on any atom is -0.361 e. The van der Waals surface area contributed by atoms with Crippen molar-refractivity contribution in [3.63, 3.8) is 0 Å². The number of hydrogen-bond acceptors (Lipinski definition) is 5. The summed E-state index contributed by atoms with van der Waals surface area (Å²) in [5.74, 6) is 2.73. The SMILES string of the molecule is CC(C)c1c[nH]c2ccccc12.CC(C)c1cccnc1.CC(C)c1nc2ccccc2[nH]1.CC(C)n1cnnn1. The fraction of sp³-hybridized carbons (Fsp3) is 0.364. The summed E-state index contributed by atoms with van der Waals surface area (Å²) in [4.78, 5) is 15.0. The van der Waals surface area contributed by atoms with Crippen LogP contribution < -0.4 is 0 Å². The van der Waals surface area contributed by atoms with Crippen molar-refractivity contribution in [2.24, 2.45) is 0 Å². The van der Waals surface area contributed by atoms with Gasteiger partial charge in [0.25, 0.3) is 0 Å². The number of benzene rings is 2. The molecule has 216 valence electrons. The van der Waals surface area contributed by atoms with E-state index in [4.69, 9.17) is 0 Å². The van der Waals surface area contributed by atoms with Crippen molar-refractivity contribution in [2.45, 2.75) is 79.2 Å². The second kappa shape index (κ2) is 15.5. The predicted octanol–water partition coefficient (Wildman–Crippen LogP) is 8.44. The Balaban J connectivity index is 0.000000153. The highest BCUT2D eigenvalue weighted by atomic mass is 15.5. The zero-order valence-corrected chi connectivity index (χ0v) is 25.6. The van der Waals surface area contributed by atoms with E-state index in [1.807, 2.05) is 50.4 Å². The topological polar surface area (TPSA) is 101 Å². The number of para-hydroxylation sites is 3. The smallest absolute Gasteiger partial charge is 0.138 e. The lowest BCUT2D eigenvalue weighted by Crippen LogP contribution is -2.00. The molecule has 0 atom stereocenters. The molecule has 4 aromatic heterocycles. The highest BCUT2D eigenvalue weighted by molar-refractivity contribution is 5.83. The van der Waals surface area contributed by atoms with Gasteiger partial charge in [-0.1, -0.05) is 77.9 Å². The Bertz CT molecular complexity index is 1500. The average Bonchev–Trinajstić information content (AvgIpc) is 3.74. The van der Waals surface area contributed by atoms with Crippen LogP contribution in [0.4, 0.5) is 0 Å². The number of aromatic nitrogens is 8. The normalized spacial score (nSPS) is 10.8. The van der Waals surface area contributed by atoms with Gasteiger partial charge in [0.15, 0.2) is 0 Å². The largest absolute Gasteiger partial charge is 0.361 e. The van der Waals surface area contributed by atoms with Gasteiger partial charge in [-0.3, -0.25) is 4.98 Å². The number of rotatable bonds is 4. The lowest BCUT2D eigenvalue weighted by molar-refractivity contribution is 0.514. The number of hydrogen-bond donors (Lipinski definition) is 2. The van der Waals surface area contributed by atoms with Crippen LogP contribution >= 0.6 is 0 Å². The summed E-state index contributed by atoms with van der Waals surface area (Å²) >= 11 is 0. The monoisotopic (exact) mass is 552 g/mol. The Morgan fingerprint density at radius 1 is 0.732 bits per heavy atom. The van der Waals surface area contributed by atoms with Crippen molar-refractivity contribution in [3.8, 4) is 0 Å². The predicted molar refractivity (Wildman–Crippen MR) is 169 cm³/mol. The van der Waals surface area contributed by atoms with E-state index in [-0.39, 0.29) is 0 Å². The van der Waals surface area contributed by atoms with E-state index in [0.717, 1.165) is 16.9 Å². The maximum absolute atomic E-state index is 4.46. The fourth-order valence-electron chi connectivity index (χ4n) is 3.94. The molecule has 0 spiro atoms. The van der Waals surface area contributed by atoms with E-state index < -0.39 is 0 Å². The van der Waals surface area contributed by atoms with Crippen LogP contribution in [0.15, 0.2) is 85.6 Å². The molecule has 4 heterocycles. The molecule has 0 saturated heterocycles. The third-order valence-corrected chi connectivity index (χ3v) is 6.44. The van der Waals surface area contributed by atoms with Gasteiger partial charge in [0.05, 0.1) is 11.0 Å². The molecule has 0 amide bonds. The van der Waals surface area contributed by atoms with Crippen molar-refractivity contribution in [1.29, 1.82) is 0 Å². The lowest BCUT2D eigenvalue weighted by Gasteiger charge is -2.00. The summed E-state index contributed by atoms with van der Waals surface area (Å²) in [5.41, 5.74) is 6.13. The molecule has 2 N–H and O–H groups in total. The van der Waals surface area contributed by atoms with Gasteiger partial charge < -0.3 is 9.97 Å². The highest BCUT2D eigenvalue weighted by Gasteiger charge is 2.05. The molecule has 2 aromatic carbocycles. The maximum atomic E-state index is 4.46. The van der Waals surface area contributed by atoms with Crippen LogP contribution in [0.2, 0.25) is 0 Å². The van der Waals surface area contributed by atoms with E-state index >= 15 is 0 Å². The summed E-state index contributed by atoms with van der Waals surface area (Å²) in [6.45, 7) is 17.1. The van der Waals surface area contributed by atoms with Crippen LogP contribution in [0, 0.1) is 0 Å². The first-order valence-corrected chi connectivity index (χ1v) is 14.3. The molecule has 8 heteroatoms. The molecule has 6 rings (SSSR count). The summed E-state index contributed by atoms with van der Waals surface area (Å²) in [6, 6.07) is 21.0. The Labute approximate surface area is 243 Å². The first-order chi connectivity index (χ1) is 19.7. The number of aromatic amines is 2. The number of nitrogens with one attached hydrogen (secondary N) is 2. The van der Waals surface area contributed by atoms with Gasteiger partial charge in [-0.2, -0.15) is 0 Å². The molecule has 0 unspecified atom stereocenters. The van der Waals surface area contributed by atoms with Crippen molar-refractivity contribution in [3.05, 3.63) is 103 Å². The number of tetrazole rings is 1. The zero-order valence-electron chi connectivity index (χ0n) is 25.6. The molecule has 0 aliphatic heterocycles. The number of nitrogens with zero attached hydrogens (tertiary/aromatic N) is 6. The summed E-state index contributed by atoms with van der Waals surface area (Å²) in [6.07, 6.45) is 7.41. The Morgan fingerprint density at radius 2 is 1.44 bits per heavy atom. The van der Waals surface area contributed by atoms with Crippen molar-refractivity contribution < 1.29 is 0 Å². The van der Waals surface area contributed by atoms with Crippen LogP contribution in [-0.4, -0.2) is 40.1 Å². The number of imidazole rings is 1. The Morgan fingerprint density at radius 3 is 1.95 bits per heavy atom. The van der Waals surface area contributed by atoms with Gasteiger partial charge in [-0.25, -0.2) is 9.67 Å². The van der Waals surface area contributed by atoms with Gasteiger partial charge in [0.2, 0.25) is 0 Å². The molecule has 0 fully saturated rings.